The quantitative estimate of drug-likeness (QED) is 0.630. The molecule has 0 bridgehead atoms. The Hall–Kier alpha value is -2.41. The molecule has 0 aliphatic rings. The summed E-state index contributed by atoms with van der Waals surface area (Å²) in [6.45, 7) is 2.33. The van der Waals surface area contributed by atoms with Crippen molar-refractivity contribution in [3.8, 4) is 5.75 Å². The number of amides is 1. The lowest BCUT2D eigenvalue weighted by molar-refractivity contribution is -0.116. The molecule has 2 rings (SSSR count). The minimum Gasteiger partial charge on any atom is -0.497 e. The summed E-state index contributed by atoms with van der Waals surface area (Å²) in [5.74, 6) is 1.31. The van der Waals surface area contributed by atoms with E-state index in [-0.39, 0.29) is 5.91 Å². The topological polar surface area (TPSA) is 71.9 Å². The average Bonchev–Trinajstić information content (AvgIpc) is 2.90. The lowest BCUT2D eigenvalue weighted by Gasteiger charge is -2.07. The lowest BCUT2D eigenvalue weighted by atomic mass is 10.0. The van der Waals surface area contributed by atoms with Gasteiger partial charge in [-0.3, -0.25) is 9.89 Å². The van der Waals surface area contributed by atoms with Gasteiger partial charge in [0.25, 0.3) is 0 Å². The second kappa shape index (κ2) is 7.73. The number of rotatable bonds is 6. The highest BCUT2D eigenvalue weighted by atomic mass is 32.1. The summed E-state index contributed by atoms with van der Waals surface area (Å²) >= 11 is 5.04. The predicted octanol–water partition coefficient (Wildman–Crippen LogP) is 2.60. The van der Waals surface area contributed by atoms with Crippen LogP contribution in [0, 0.1) is 4.77 Å². The Bertz CT molecular complexity index is 759. The van der Waals surface area contributed by atoms with E-state index in [2.05, 4.69) is 15.5 Å². The van der Waals surface area contributed by atoms with Crippen molar-refractivity contribution in [2.45, 2.75) is 19.9 Å². The van der Waals surface area contributed by atoms with Gasteiger partial charge in [0.2, 0.25) is 5.91 Å². The molecule has 1 heterocycles. The Morgan fingerprint density at radius 2 is 2.13 bits per heavy atom. The molecule has 0 unspecified atom stereocenters. The molecule has 0 saturated carbocycles. The van der Waals surface area contributed by atoms with Crippen LogP contribution in [0.3, 0.4) is 0 Å². The second-order valence-corrected chi connectivity index (χ2v) is 5.36. The monoisotopic (exact) mass is 332 g/mol. The summed E-state index contributed by atoms with van der Waals surface area (Å²) < 4.78 is 7.40. The lowest BCUT2D eigenvalue weighted by Crippen LogP contribution is -2.22. The van der Waals surface area contributed by atoms with Gasteiger partial charge in [0.05, 0.1) is 13.7 Å². The number of allylic oxidation sites excluding steroid dienone is 1. The van der Waals surface area contributed by atoms with Crippen LogP contribution < -0.4 is 10.1 Å². The normalized spacial score (nSPS) is 11.3. The fourth-order valence-corrected chi connectivity index (χ4v) is 2.26. The molecule has 6 nitrogen and oxygen atoms in total. The molecule has 122 valence electrons. The van der Waals surface area contributed by atoms with E-state index in [1.807, 2.05) is 31.2 Å². The molecular weight excluding hydrogens is 312 g/mol. The Labute approximate surface area is 140 Å². The molecule has 0 fully saturated rings. The van der Waals surface area contributed by atoms with Crippen molar-refractivity contribution in [1.82, 2.24) is 20.1 Å². The van der Waals surface area contributed by atoms with Gasteiger partial charge in [-0.05, 0) is 41.9 Å². The van der Waals surface area contributed by atoms with Crippen molar-refractivity contribution in [3.05, 3.63) is 46.5 Å². The SMILES string of the molecule is CCC(=CC(=O)NCc1n[nH]c(=S)n1C)c1ccc(OC)cc1. The van der Waals surface area contributed by atoms with Gasteiger partial charge in [-0.25, -0.2) is 0 Å². The molecule has 0 radical (unpaired) electrons. The number of carbonyl (C=O) groups is 1. The predicted molar refractivity (Wildman–Crippen MR) is 91.5 cm³/mol. The van der Waals surface area contributed by atoms with E-state index in [9.17, 15) is 4.79 Å². The smallest absolute Gasteiger partial charge is 0.244 e. The molecule has 0 aliphatic heterocycles. The van der Waals surface area contributed by atoms with Gasteiger partial charge in [-0.2, -0.15) is 5.10 Å². The molecule has 0 saturated heterocycles. The van der Waals surface area contributed by atoms with E-state index in [0.717, 1.165) is 23.3 Å². The summed E-state index contributed by atoms with van der Waals surface area (Å²) in [7, 11) is 3.43. The zero-order valence-corrected chi connectivity index (χ0v) is 14.2. The van der Waals surface area contributed by atoms with E-state index < -0.39 is 0 Å². The number of nitrogens with one attached hydrogen (secondary N) is 2. The highest BCUT2D eigenvalue weighted by Crippen LogP contribution is 2.20. The van der Waals surface area contributed by atoms with E-state index >= 15 is 0 Å². The van der Waals surface area contributed by atoms with Crippen molar-refractivity contribution < 1.29 is 9.53 Å². The van der Waals surface area contributed by atoms with Crippen LogP contribution >= 0.6 is 12.2 Å². The van der Waals surface area contributed by atoms with Crippen LogP contribution in [0.25, 0.3) is 5.57 Å². The first-order chi connectivity index (χ1) is 11.0. The van der Waals surface area contributed by atoms with Crippen molar-refractivity contribution in [2.24, 2.45) is 7.05 Å². The van der Waals surface area contributed by atoms with Gasteiger partial charge in [0.1, 0.15) is 5.75 Å². The first-order valence-corrected chi connectivity index (χ1v) is 7.69. The van der Waals surface area contributed by atoms with Crippen molar-refractivity contribution in [1.29, 1.82) is 0 Å². The fraction of sp³-hybridized carbons (Fsp3) is 0.312. The van der Waals surface area contributed by atoms with Crippen molar-refractivity contribution >= 4 is 23.7 Å². The van der Waals surface area contributed by atoms with Gasteiger partial charge >= 0.3 is 0 Å². The highest BCUT2D eigenvalue weighted by Gasteiger charge is 2.06. The third-order valence-electron chi connectivity index (χ3n) is 3.54. The Kier molecular flexibility index (Phi) is 5.70. The third kappa shape index (κ3) is 4.29. The first-order valence-electron chi connectivity index (χ1n) is 7.28. The molecule has 1 aromatic carbocycles. The Morgan fingerprint density at radius 1 is 1.43 bits per heavy atom. The number of H-pyrrole nitrogens is 1. The molecule has 2 N–H and O–H groups in total. The minimum atomic E-state index is -0.161. The van der Waals surface area contributed by atoms with Gasteiger partial charge < -0.3 is 14.6 Å². The van der Waals surface area contributed by atoms with Crippen LogP contribution in [0.4, 0.5) is 0 Å². The van der Waals surface area contributed by atoms with Crippen molar-refractivity contribution in [3.63, 3.8) is 0 Å². The van der Waals surface area contributed by atoms with E-state index in [1.54, 1.807) is 24.8 Å². The maximum Gasteiger partial charge on any atom is 0.244 e. The highest BCUT2D eigenvalue weighted by molar-refractivity contribution is 7.71. The third-order valence-corrected chi connectivity index (χ3v) is 3.91. The van der Waals surface area contributed by atoms with Crippen LogP contribution in [0.5, 0.6) is 5.75 Å². The molecule has 1 aromatic heterocycles. The van der Waals surface area contributed by atoms with Crippen LogP contribution in [0.15, 0.2) is 30.3 Å². The first kappa shape index (κ1) is 17.0. The standard InChI is InChI=1S/C16H20N4O2S/c1-4-11(12-5-7-13(22-3)8-6-12)9-15(21)17-10-14-18-19-16(23)20(14)2/h5-9H,4,10H2,1-3H3,(H,17,21)(H,19,23). The summed E-state index contributed by atoms with van der Waals surface area (Å²) in [4.78, 5) is 12.1. The maximum absolute atomic E-state index is 12.1. The number of benzene rings is 1. The molecule has 1 amide bonds. The zero-order chi connectivity index (χ0) is 16.8. The number of hydrogen-bond donors (Lipinski definition) is 2. The molecule has 2 aromatic rings. The fourth-order valence-electron chi connectivity index (χ4n) is 2.11. The molecule has 7 heteroatoms. The van der Waals surface area contributed by atoms with E-state index in [0.29, 0.717) is 17.1 Å². The Morgan fingerprint density at radius 3 is 2.65 bits per heavy atom. The number of hydrogen-bond acceptors (Lipinski definition) is 4. The summed E-state index contributed by atoms with van der Waals surface area (Å²) in [5, 5.41) is 9.57. The summed E-state index contributed by atoms with van der Waals surface area (Å²) in [5.41, 5.74) is 1.96. The maximum atomic E-state index is 12.1. The van der Waals surface area contributed by atoms with Crippen LogP contribution in [0.2, 0.25) is 0 Å². The molecule has 23 heavy (non-hydrogen) atoms. The van der Waals surface area contributed by atoms with E-state index in [4.69, 9.17) is 17.0 Å². The average molecular weight is 332 g/mol. The number of ether oxygens (including phenoxy) is 1. The molecule has 0 atom stereocenters. The van der Waals surface area contributed by atoms with Gasteiger partial charge in [0, 0.05) is 13.1 Å². The van der Waals surface area contributed by atoms with Gasteiger partial charge in [-0.1, -0.05) is 19.1 Å². The minimum absolute atomic E-state index is 0.161. The summed E-state index contributed by atoms with van der Waals surface area (Å²) in [6, 6.07) is 7.65. The van der Waals surface area contributed by atoms with Crippen molar-refractivity contribution in [2.75, 3.05) is 7.11 Å². The van der Waals surface area contributed by atoms with E-state index in [1.165, 1.54) is 0 Å². The number of carbonyl (C=O) groups excluding carboxylic acids is 1. The van der Waals surface area contributed by atoms with Gasteiger partial charge in [0.15, 0.2) is 10.6 Å². The van der Waals surface area contributed by atoms with Gasteiger partial charge in [-0.15, -0.1) is 0 Å². The second-order valence-electron chi connectivity index (χ2n) is 4.97. The Balaban J connectivity index is 2.06. The number of aromatic amines is 1. The van der Waals surface area contributed by atoms with Crippen LogP contribution in [-0.4, -0.2) is 27.8 Å². The largest absolute Gasteiger partial charge is 0.497 e. The molecule has 0 spiro atoms. The van der Waals surface area contributed by atoms with Crippen LogP contribution in [0.1, 0.15) is 24.7 Å². The zero-order valence-electron chi connectivity index (χ0n) is 13.4. The number of aromatic nitrogens is 3. The molecule has 0 aliphatic carbocycles. The summed E-state index contributed by atoms with van der Waals surface area (Å²) in [6.07, 6.45) is 2.37. The number of nitrogens with zero attached hydrogens (tertiary/aromatic N) is 2. The number of methoxy groups -OCH3 is 1. The van der Waals surface area contributed by atoms with Crippen LogP contribution in [-0.2, 0) is 18.4 Å². The molecular formula is C16H20N4O2S.